The van der Waals surface area contributed by atoms with Gasteiger partial charge in [-0.2, -0.15) is 0 Å². The number of anilines is 1. The average molecular weight is 387 g/mol. The number of nitrogens with one attached hydrogen (secondary N) is 1. The summed E-state index contributed by atoms with van der Waals surface area (Å²) in [7, 11) is 0. The van der Waals surface area contributed by atoms with Gasteiger partial charge in [0.25, 0.3) is 5.91 Å². The zero-order valence-electron chi connectivity index (χ0n) is 14.8. The van der Waals surface area contributed by atoms with Gasteiger partial charge in [0.2, 0.25) is 0 Å². The van der Waals surface area contributed by atoms with Crippen LogP contribution < -0.4 is 10.1 Å². The first-order chi connectivity index (χ1) is 12.4. The number of benzene rings is 2. The Morgan fingerprint density at radius 3 is 2.62 bits per heavy atom. The summed E-state index contributed by atoms with van der Waals surface area (Å²) in [6, 6.07) is 13.4. The van der Waals surface area contributed by atoms with Gasteiger partial charge >= 0.3 is 0 Å². The summed E-state index contributed by atoms with van der Waals surface area (Å²) in [4.78, 5) is 17.7. The SMILES string of the molecule is Cc1ccc(C)c(OCC(=O)Nc2nc(-c3ccc(Cl)cc3)c(C)s2)c1. The Labute approximate surface area is 161 Å². The summed E-state index contributed by atoms with van der Waals surface area (Å²) in [5.74, 6) is 0.486. The summed E-state index contributed by atoms with van der Waals surface area (Å²) < 4.78 is 5.64. The third-order valence-electron chi connectivity index (χ3n) is 3.86. The largest absolute Gasteiger partial charge is 0.483 e. The molecule has 6 heteroatoms. The average Bonchev–Trinajstić information content (AvgIpc) is 2.96. The highest BCUT2D eigenvalue weighted by Crippen LogP contribution is 2.31. The highest BCUT2D eigenvalue weighted by molar-refractivity contribution is 7.16. The van der Waals surface area contributed by atoms with Crippen LogP contribution in [0.2, 0.25) is 5.02 Å². The molecule has 3 rings (SSSR count). The number of thiazole rings is 1. The van der Waals surface area contributed by atoms with Gasteiger partial charge in [-0.15, -0.1) is 11.3 Å². The number of aryl methyl sites for hydroxylation is 3. The number of aromatic nitrogens is 1. The number of carbonyl (C=O) groups excluding carboxylic acids is 1. The van der Waals surface area contributed by atoms with Crippen LogP contribution in [0.3, 0.4) is 0 Å². The maximum Gasteiger partial charge on any atom is 0.264 e. The minimum atomic E-state index is -0.234. The summed E-state index contributed by atoms with van der Waals surface area (Å²) in [5.41, 5.74) is 3.90. The standard InChI is InChI=1S/C20H19ClN2O2S/c1-12-4-5-13(2)17(10-12)25-11-18(24)22-20-23-19(14(3)26-20)15-6-8-16(21)9-7-15/h4-10H,11H2,1-3H3,(H,22,23,24). The number of hydrogen-bond donors (Lipinski definition) is 1. The van der Waals surface area contributed by atoms with Gasteiger partial charge in [0, 0.05) is 15.5 Å². The Morgan fingerprint density at radius 1 is 1.15 bits per heavy atom. The molecule has 1 aromatic heterocycles. The van der Waals surface area contributed by atoms with Gasteiger partial charge in [-0.1, -0.05) is 35.9 Å². The van der Waals surface area contributed by atoms with Gasteiger partial charge in [0.1, 0.15) is 5.75 Å². The third kappa shape index (κ3) is 4.42. The number of amides is 1. The lowest BCUT2D eigenvalue weighted by molar-refractivity contribution is -0.118. The van der Waals surface area contributed by atoms with E-state index >= 15 is 0 Å². The maximum absolute atomic E-state index is 12.2. The minimum Gasteiger partial charge on any atom is -0.483 e. The van der Waals surface area contributed by atoms with Crippen molar-refractivity contribution in [2.75, 3.05) is 11.9 Å². The van der Waals surface area contributed by atoms with Crippen molar-refractivity contribution in [3.63, 3.8) is 0 Å². The van der Waals surface area contributed by atoms with Gasteiger partial charge in [-0.3, -0.25) is 10.1 Å². The van der Waals surface area contributed by atoms with Crippen LogP contribution in [0.4, 0.5) is 5.13 Å². The molecule has 0 radical (unpaired) electrons. The van der Waals surface area contributed by atoms with E-state index in [1.807, 2.05) is 63.2 Å². The van der Waals surface area contributed by atoms with E-state index in [-0.39, 0.29) is 12.5 Å². The van der Waals surface area contributed by atoms with Crippen molar-refractivity contribution in [2.24, 2.45) is 0 Å². The van der Waals surface area contributed by atoms with Crippen LogP contribution in [-0.4, -0.2) is 17.5 Å². The molecule has 0 aliphatic rings. The van der Waals surface area contributed by atoms with Crippen molar-refractivity contribution in [1.82, 2.24) is 4.98 Å². The van der Waals surface area contributed by atoms with E-state index in [0.29, 0.717) is 10.2 Å². The fourth-order valence-corrected chi connectivity index (χ4v) is 3.46. The van der Waals surface area contributed by atoms with Gasteiger partial charge in [-0.25, -0.2) is 4.98 Å². The predicted octanol–water partition coefficient (Wildman–Crippen LogP) is 5.41. The Kier molecular flexibility index (Phi) is 5.59. The normalized spacial score (nSPS) is 10.6. The number of rotatable bonds is 5. The molecule has 1 heterocycles. The van der Waals surface area contributed by atoms with Crippen molar-refractivity contribution in [1.29, 1.82) is 0 Å². The molecule has 0 unspecified atom stereocenters. The monoisotopic (exact) mass is 386 g/mol. The summed E-state index contributed by atoms with van der Waals surface area (Å²) in [6.45, 7) is 5.86. The second kappa shape index (κ2) is 7.89. The zero-order valence-corrected chi connectivity index (χ0v) is 16.4. The Bertz CT molecular complexity index is 935. The topological polar surface area (TPSA) is 51.2 Å². The van der Waals surface area contributed by atoms with E-state index in [0.717, 1.165) is 33.0 Å². The number of nitrogens with zero attached hydrogens (tertiary/aromatic N) is 1. The fraction of sp³-hybridized carbons (Fsp3) is 0.200. The van der Waals surface area contributed by atoms with Gasteiger partial charge in [0.05, 0.1) is 5.69 Å². The second-order valence-corrected chi connectivity index (χ2v) is 7.68. The lowest BCUT2D eigenvalue weighted by atomic mass is 10.1. The Hall–Kier alpha value is -2.37. The van der Waals surface area contributed by atoms with E-state index in [2.05, 4.69) is 10.3 Å². The first kappa shape index (κ1) is 18.4. The van der Waals surface area contributed by atoms with E-state index in [9.17, 15) is 4.79 Å². The molecule has 26 heavy (non-hydrogen) atoms. The van der Waals surface area contributed by atoms with E-state index in [1.54, 1.807) is 0 Å². The van der Waals surface area contributed by atoms with Crippen molar-refractivity contribution in [2.45, 2.75) is 20.8 Å². The van der Waals surface area contributed by atoms with Crippen LogP contribution in [0, 0.1) is 20.8 Å². The third-order valence-corrected chi connectivity index (χ3v) is 5.00. The number of halogens is 1. The van der Waals surface area contributed by atoms with Gasteiger partial charge in [0.15, 0.2) is 11.7 Å². The van der Waals surface area contributed by atoms with Crippen molar-refractivity contribution < 1.29 is 9.53 Å². The Balaban J connectivity index is 1.65. The van der Waals surface area contributed by atoms with E-state index in [4.69, 9.17) is 16.3 Å². The van der Waals surface area contributed by atoms with Crippen LogP contribution >= 0.6 is 22.9 Å². The highest BCUT2D eigenvalue weighted by Gasteiger charge is 2.13. The van der Waals surface area contributed by atoms with Crippen molar-refractivity contribution in [3.05, 3.63) is 63.5 Å². The molecule has 0 spiro atoms. The van der Waals surface area contributed by atoms with Crippen LogP contribution in [0.25, 0.3) is 11.3 Å². The lowest BCUT2D eigenvalue weighted by Crippen LogP contribution is -2.20. The smallest absolute Gasteiger partial charge is 0.264 e. The maximum atomic E-state index is 12.2. The summed E-state index contributed by atoms with van der Waals surface area (Å²) in [6.07, 6.45) is 0. The molecule has 0 saturated heterocycles. The van der Waals surface area contributed by atoms with Gasteiger partial charge < -0.3 is 4.74 Å². The molecule has 0 atom stereocenters. The second-order valence-electron chi connectivity index (χ2n) is 6.04. The first-order valence-corrected chi connectivity index (χ1v) is 9.35. The van der Waals surface area contributed by atoms with Crippen molar-refractivity contribution in [3.8, 4) is 17.0 Å². The molecular formula is C20H19ClN2O2S. The Morgan fingerprint density at radius 2 is 1.88 bits per heavy atom. The van der Waals surface area contributed by atoms with E-state index < -0.39 is 0 Å². The molecule has 2 aromatic carbocycles. The number of ether oxygens (including phenoxy) is 1. The minimum absolute atomic E-state index is 0.0563. The zero-order chi connectivity index (χ0) is 18.7. The molecule has 0 aliphatic heterocycles. The first-order valence-electron chi connectivity index (χ1n) is 8.15. The fourth-order valence-electron chi connectivity index (χ4n) is 2.49. The van der Waals surface area contributed by atoms with Crippen LogP contribution in [0.15, 0.2) is 42.5 Å². The summed E-state index contributed by atoms with van der Waals surface area (Å²) in [5, 5.41) is 4.04. The van der Waals surface area contributed by atoms with Crippen LogP contribution in [0.1, 0.15) is 16.0 Å². The van der Waals surface area contributed by atoms with Crippen molar-refractivity contribution >= 4 is 34.0 Å². The molecule has 0 bridgehead atoms. The number of carbonyl (C=O) groups is 1. The molecule has 0 fully saturated rings. The quantitative estimate of drug-likeness (QED) is 0.638. The molecule has 0 saturated carbocycles. The number of hydrogen-bond acceptors (Lipinski definition) is 4. The molecule has 0 aliphatic carbocycles. The molecule has 134 valence electrons. The van der Waals surface area contributed by atoms with E-state index in [1.165, 1.54) is 11.3 Å². The summed E-state index contributed by atoms with van der Waals surface area (Å²) >= 11 is 7.37. The molecule has 1 N–H and O–H groups in total. The van der Waals surface area contributed by atoms with Gasteiger partial charge in [-0.05, 0) is 50.1 Å². The molecule has 3 aromatic rings. The van der Waals surface area contributed by atoms with Crippen LogP contribution in [0.5, 0.6) is 5.75 Å². The molecular weight excluding hydrogens is 368 g/mol. The highest BCUT2D eigenvalue weighted by atomic mass is 35.5. The molecule has 1 amide bonds. The lowest BCUT2D eigenvalue weighted by Gasteiger charge is -2.09. The molecule has 4 nitrogen and oxygen atoms in total. The van der Waals surface area contributed by atoms with Crippen LogP contribution in [-0.2, 0) is 4.79 Å². The predicted molar refractivity (Wildman–Crippen MR) is 107 cm³/mol.